The molecule has 0 saturated carbocycles. The van der Waals surface area contributed by atoms with E-state index in [0.29, 0.717) is 34.5 Å². The van der Waals surface area contributed by atoms with Crippen LogP contribution < -0.4 is 4.74 Å². The van der Waals surface area contributed by atoms with Crippen molar-refractivity contribution in [3.63, 3.8) is 0 Å². The molecule has 0 bridgehead atoms. The first-order chi connectivity index (χ1) is 14.4. The van der Waals surface area contributed by atoms with Crippen molar-refractivity contribution in [1.82, 2.24) is 4.98 Å². The van der Waals surface area contributed by atoms with Gasteiger partial charge in [0.15, 0.2) is 17.1 Å². The number of hydrogen-bond acceptors (Lipinski definition) is 5. The molecule has 5 nitrogen and oxygen atoms in total. The quantitative estimate of drug-likeness (QED) is 0.307. The highest BCUT2D eigenvalue weighted by Gasteiger charge is 2.12. The summed E-state index contributed by atoms with van der Waals surface area (Å²) in [7, 11) is 0. The maximum atomic E-state index is 10.4. The van der Waals surface area contributed by atoms with Crippen molar-refractivity contribution >= 4 is 50.5 Å². The van der Waals surface area contributed by atoms with Crippen molar-refractivity contribution in [3.05, 3.63) is 69.2 Å². The smallest absolute Gasteiger partial charge is 0.227 e. The molecule has 0 aliphatic heterocycles. The fraction of sp³-hybridized carbons (Fsp3) is 0.130. The molecular formula is C23H18BrClN2O3. The number of phenols is 1. The van der Waals surface area contributed by atoms with Crippen molar-refractivity contribution in [2.75, 3.05) is 6.61 Å². The van der Waals surface area contributed by atoms with E-state index < -0.39 is 0 Å². The molecule has 0 atom stereocenters. The Morgan fingerprint density at radius 2 is 2.03 bits per heavy atom. The lowest BCUT2D eigenvalue weighted by atomic mass is 10.2. The maximum Gasteiger partial charge on any atom is 0.227 e. The zero-order valence-corrected chi connectivity index (χ0v) is 18.7. The van der Waals surface area contributed by atoms with Gasteiger partial charge in [0.1, 0.15) is 5.52 Å². The van der Waals surface area contributed by atoms with E-state index in [4.69, 9.17) is 20.8 Å². The normalized spacial score (nSPS) is 11.5. The van der Waals surface area contributed by atoms with Gasteiger partial charge in [-0.3, -0.25) is 4.99 Å². The van der Waals surface area contributed by atoms with Crippen LogP contribution in [0.3, 0.4) is 0 Å². The van der Waals surface area contributed by atoms with Crippen molar-refractivity contribution in [2.45, 2.75) is 13.8 Å². The number of rotatable bonds is 5. The first-order valence-electron chi connectivity index (χ1n) is 9.31. The van der Waals surface area contributed by atoms with E-state index in [9.17, 15) is 5.11 Å². The van der Waals surface area contributed by atoms with Gasteiger partial charge in [0.25, 0.3) is 0 Å². The van der Waals surface area contributed by atoms with Gasteiger partial charge in [-0.2, -0.15) is 0 Å². The monoisotopic (exact) mass is 484 g/mol. The summed E-state index contributed by atoms with van der Waals surface area (Å²) in [6, 6.07) is 14.7. The van der Waals surface area contributed by atoms with Gasteiger partial charge >= 0.3 is 0 Å². The Morgan fingerprint density at radius 1 is 1.20 bits per heavy atom. The molecule has 7 heteroatoms. The van der Waals surface area contributed by atoms with E-state index >= 15 is 0 Å². The van der Waals surface area contributed by atoms with Gasteiger partial charge < -0.3 is 14.3 Å². The Morgan fingerprint density at radius 3 is 2.83 bits per heavy atom. The van der Waals surface area contributed by atoms with Crippen molar-refractivity contribution < 1.29 is 14.3 Å². The van der Waals surface area contributed by atoms with Crippen molar-refractivity contribution in [3.8, 4) is 23.0 Å². The first kappa shape index (κ1) is 20.4. The van der Waals surface area contributed by atoms with Gasteiger partial charge in [-0.05, 0) is 61.9 Å². The highest BCUT2D eigenvalue weighted by atomic mass is 79.9. The molecule has 4 rings (SSSR count). The van der Waals surface area contributed by atoms with Gasteiger partial charge in [0.2, 0.25) is 5.89 Å². The average molecular weight is 486 g/mol. The fourth-order valence-electron chi connectivity index (χ4n) is 3.00. The average Bonchev–Trinajstić information content (AvgIpc) is 3.13. The summed E-state index contributed by atoms with van der Waals surface area (Å²) in [5.74, 6) is 0.896. The summed E-state index contributed by atoms with van der Waals surface area (Å²) in [4.78, 5) is 9.04. The Bertz CT molecular complexity index is 1270. The minimum atomic E-state index is 0.0189. The number of halogens is 2. The number of aromatic hydroxyl groups is 1. The van der Waals surface area contributed by atoms with Gasteiger partial charge in [-0.15, -0.1) is 0 Å². The zero-order chi connectivity index (χ0) is 21.3. The Labute approximate surface area is 187 Å². The number of oxazole rings is 1. The number of phenolic OH excluding ortho intramolecular Hbond substituents is 1. The standard InChI is InChI=1S/C23H18BrClN2O3/c1-3-29-21-11-16(24)9-15(22(21)28)12-26-18-10-14(5-6-17(18)25)23-27-19-8-13(2)4-7-20(19)30-23/h4-12,28H,3H2,1-2H3. The van der Waals surface area contributed by atoms with E-state index in [2.05, 4.69) is 25.9 Å². The van der Waals surface area contributed by atoms with Crippen LogP contribution in [0.2, 0.25) is 5.02 Å². The van der Waals surface area contributed by atoms with Crippen LogP contribution in [0.1, 0.15) is 18.1 Å². The Kier molecular flexibility index (Phi) is 5.79. The van der Waals surface area contributed by atoms with Crippen LogP contribution in [0.25, 0.3) is 22.6 Å². The van der Waals surface area contributed by atoms with Crippen LogP contribution in [-0.2, 0) is 0 Å². The number of aromatic nitrogens is 1. The predicted octanol–water partition coefficient (Wildman–Crippen LogP) is 7.07. The van der Waals surface area contributed by atoms with Crippen LogP contribution in [0, 0.1) is 6.92 Å². The molecule has 0 saturated heterocycles. The molecule has 4 aromatic rings. The summed E-state index contributed by atoms with van der Waals surface area (Å²) in [6.07, 6.45) is 1.54. The summed E-state index contributed by atoms with van der Waals surface area (Å²) < 4.78 is 12.1. The number of aryl methyl sites for hydroxylation is 1. The molecule has 0 unspecified atom stereocenters. The summed E-state index contributed by atoms with van der Waals surface area (Å²) in [6.45, 7) is 4.31. The molecular weight excluding hydrogens is 468 g/mol. The largest absolute Gasteiger partial charge is 0.504 e. The Hall–Kier alpha value is -2.83. The lowest BCUT2D eigenvalue weighted by Gasteiger charge is -2.09. The molecule has 0 spiro atoms. The highest BCUT2D eigenvalue weighted by molar-refractivity contribution is 9.10. The van der Waals surface area contributed by atoms with Gasteiger partial charge in [-0.25, -0.2) is 4.98 Å². The van der Waals surface area contributed by atoms with Gasteiger partial charge in [0.05, 0.1) is 17.3 Å². The van der Waals surface area contributed by atoms with E-state index in [1.807, 2.05) is 38.1 Å². The van der Waals surface area contributed by atoms with Gasteiger partial charge in [0, 0.05) is 21.8 Å². The zero-order valence-electron chi connectivity index (χ0n) is 16.3. The summed E-state index contributed by atoms with van der Waals surface area (Å²) in [5.41, 5.74) is 4.43. The third-order valence-corrected chi connectivity index (χ3v) is 5.23. The molecule has 0 aliphatic rings. The molecule has 1 N–H and O–H groups in total. The van der Waals surface area contributed by atoms with Crippen LogP contribution in [0.5, 0.6) is 11.5 Å². The fourth-order valence-corrected chi connectivity index (χ4v) is 3.62. The SMILES string of the molecule is CCOc1cc(Br)cc(C=Nc2cc(-c3nc4cc(C)ccc4o3)ccc2Cl)c1O. The molecule has 0 radical (unpaired) electrons. The molecule has 152 valence electrons. The second-order valence-electron chi connectivity index (χ2n) is 6.69. The first-order valence-corrected chi connectivity index (χ1v) is 10.5. The van der Waals surface area contributed by atoms with Gasteiger partial charge in [-0.1, -0.05) is 33.6 Å². The lowest BCUT2D eigenvalue weighted by molar-refractivity contribution is 0.317. The molecule has 30 heavy (non-hydrogen) atoms. The second-order valence-corrected chi connectivity index (χ2v) is 8.01. The summed E-state index contributed by atoms with van der Waals surface area (Å²) in [5, 5.41) is 10.9. The van der Waals surface area contributed by atoms with Crippen molar-refractivity contribution in [1.29, 1.82) is 0 Å². The number of nitrogens with zero attached hydrogens (tertiary/aromatic N) is 2. The summed E-state index contributed by atoms with van der Waals surface area (Å²) >= 11 is 9.76. The Balaban J connectivity index is 1.70. The molecule has 1 heterocycles. The number of benzene rings is 3. The minimum Gasteiger partial charge on any atom is -0.504 e. The highest BCUT2D eigenvalue weighted by Crippen LogP contribution is 2.35. The predicted molar refractivity (Wildman–Crippen MR) is 123 cm³/mol. The number of aliphatic imine (C=N–C) groups is 1. The van der Waals surface area contributed by atoms with Crippen LogP contribution in [0.15, 0.2) is 62.4 Å². The van der Waals surface area contributed by atoms with E-state index in [1.54, 1.807) is 30.5 Å². The maximum absolute atomic E-state index is 10.4. The molecule has 3 aromatic carbocycles. The number of hydrogen-bond donors (Lipinski definition) is 1. The van der Waals surface area contributed by atoms with Crippen LogP contribution >= 0.6 is 27.5 Å². The molecule has 0 aliphatic carbocycles. The molecule has 0 fully saturated rings. The second kappa shape index (κ2) is 8.50. The van der Waals surface area contributed by atoms with E-state index in [0.717, 1.165) is 26.7 Å². The number of fused-ring (bicyclic) bond motifs is 1. The topological polar surface area (TPSA) is 67.9 Å². The van der Waals surface area contributed by atoms with E-state index in [1.165, 1.54) is 0 Å². The molecule has 0 amide bonds. The minimum absolute atomic E-state index is 0.0189. The molecule has 1 aromatic heterocycles. The van der Waals surface area contributed by atoms with Crippen molar-refractivity contribution in [2.24, 2.45) is 4.99 Å². The third-order valence-electron chi connectivity index (χ3n) is 4.45. The third kappa shape index (κ3) is 4.20. The van der Waals surface area contributed by atoms with Crippen LogP contribution in [0.4, 0.5) is 5.69 Å². The lowest BCUT2D eigenvalue weighted by Crippen LogP contribution is -1.94. The van der Waals surface area contributed by atoms with E-state index in [-0.39, 0.29) is 5.75 Å². The number of ether oxygens (including phenoxy) is 1. The van der Waals surface area contributed by atoms with Crippen LogP contribution in [-0.4, -0.2) is 22.9 Å².